The van der Waals surface area contributed by atoms with E-state index in [4.69, 9.17) is 5.73 Å². The monoisotopic (exact) mass is 366 g/mol. The van der Waals surface area contributed by atoms with Gasteiger partial charge in [-0.3, -0.25) is 4.90 Å². The summed E-state index contributed by atoms with van der Waals surface area (Å²) in [5.74, 6) is 1.25. The normalized spacial score (nSPS) is 12.9. The molecule has 0 saturated carbocycles. The second-order valence-electron chi connectivity index (χ2n) is 8.47. The van der Waals surface area contributed by atoms with Gasteiger partial charge in [-0.1, -0.05) is 82.3 Å². The molecule has 2 aromatic carbocycles. The Morgan fingerprint density at radius 1 is 0.852 bits per heavy atom. The molecule has 2 aromatic rings. The van der Waals surface area contributed by atoms with Crippen molar-refractivity contribution < 1.29 is 0 Å². The molecule has 0 spiro atoms. The lowest BCUT2D eigenvalue weighted by atomic mass is 9.99. The van der Waals surface area contributed by atoms with Crippen LogP contribution in [0, 0.1) is 5.92 Å². The largest absolute Gasteiger partial charge is 0.329 e. The molecule has 0 heterocycles. The minimum atomic E-state index is 0.450. The Bertz CT molecular complexity index is 631. The molecule has 1 unspecified atom stereocenters. The van der Waals surface area contributed by atoms with Crippen molar-refractivity contribution in [2.45, 2.75) is 65.5 Å². The van der Waals surface area contributed by atoms with Crippen LogP contribution in [0.5, 0.6) is 0 Å². The van der Waals surface area contributed by atoms with E-state index in [1.54, 1.807) is 0 Å². The van der Waals surface area contributed by atoms with Crippen molar-refractivity contribution in [3.05, 3.63) is 71.3 Å². The first-order chi connectivity index (χ1) is 13.0. The van der Waals surface area contributed by atoms with Crippen LogP contribution in [-0.2, 0) is 13.0 Å². The van der Waals surface area contributed by atoms with Crippen molar-refractivity contribution in [1.29, 1.82) is 0 Å². The highest BCUT2D eigenvalue weighted by Crippen LogP contribution is 2.19. The van der Waals surface area contributed by atoms with E-state index in [-0.39, 0.29) is 0 Å². The van der Waals surface area contributed by atoms with E-state index in [0.717, 1.165) is 32.5 Å². The molecule has 2 nitrogen and oxygen atoms in total. The Labute approximate surface area is 166 Å². The molecular weight excluding hydrogens is 328 g/mol. The predicted octanol–water partition coefficient (Wildman–Crippen LogP) is 5.62. The zero-order valence-corrected chi connectivity index (χ0v) is 17.7. The van der Waals surface area contributed by atoms with Crippen LogP contribution < -0.4 is 5.73 Å². The Kier molecular flexibility index (Phi) is 9.03. The van der Waals surface area contributed by atoms with Gasteiger partial charge in [-0.05, 0) is 54.3 Å². The number of nitrogens with two attached hydrogens (primary N) is 1. The molecule has 0 fully saturated rings. The third kappa shape index (κ3) is 7.48. The van der Waals surface area contributed by atoms with Crippen LogP contribution in [0.4, 0.5) is 0 Å². The fourth-order valence-corrected chi connectivity index (χ4v) is 3.70. The van der Waals surface area contributed by atoms with Crippen molar-refractivity contribution in [2.24, 2.45) is 11.7 Å². The maximum Gasteiger partial charge on any atom is 0.0237 e. The molecule has 0 aliphatic carbocycles. The summed E-state index contributed by atoms with van der Waals surface area (Å²) in [7, 11) is 0. The van der Waals surface area contributed by atoms with Crippen molar-refractivity contribution in [1.82, 2.24) is 4.90 Å². The maximum absolute atomic E-state index is 6.18. The van der Waals surface area contributed by atoms with Gasteiger partial charge in [0.1, 0.15) is 0 Å². The van der Waals surface area contributed by atoms with Gasteiger partial charge >= 0.3 is 0 Å². The van der Waals surface area contributed by atoms with E-state index < -0.39 is 0 Å². The van der Waals surface area contributed by atoms with E-state index in [1.807, 2.05) is 0 Å². The number of nitrogens with zero attached hydrogens (tertiary/aromatic N) is 1. The number of aryl methyl sites for hydroxylation is 1. The van der Waals surface area contributed by atoms with Crippen LogP contribution in [0.2, 0.25) is 0 Å². The molecule has 0 saturated heterocycles. The SMILES string of the molecule is CC(C)CC(CN)N(CCCc1ccccc1)Cc1ccc(C(C)C)cc1. The summed E-state index contributed by atoms with van der Waals surface area (Å²) in [4.78, 5) is 2.60. The first-order valence-corrected chi connectivity index (χ1v) is 10.6. The second-order valence-corrected chi connectivity index (χ2v) is 8.47. The third-order valence-electron chi connectivity index (χ3n) is 5.32. The fraction of sp³-hybridized carbons (Fsp3) is 0.520. The first-order valence-electron chi connectivity index (χ1n) is 10.6. The Hall–Kier alpha value is -1.64. The number of rotatable bonds is 11. The number of benzene rings is 2. The minimum absolute atomic E-state index is 0.450. The van der Waals surface area contributed by atoms with Crippen LogP contribution in [0.25, 0.3) is 0 Å². The van der Waals surface area contributed by atoms with Gasteiger partial charge in [0.05, 0.1) is 0 Å². The summed E-state index contributed by atoms with van der Waals surface area (Å²) < 4.78 is 0. The van der Waals surface area contributed by atoms with Gasteiger partial charge in [0, 0.05) is 19.1 Å². The lowest BCUT2D eigenvalue weighted by molar-refractivity contribution is 0.167. The minimum Gasteiger partial charge on any atom is -0.329 e. The van der Waals surface area contributed by atoms with Gasteiger partial charge in [-0.15, -0.1) is 0 Å². The topological polar surface area (TPSA) is 29.3 Å². The van der Waals surface area contributed by atoms with Crippen LogP contribution >= 0.6 is 0 Å². The standard InChI is InChI=1S/C25H38N2/c1-20(2)17-25(18-26)27(16-8-11-22-9-6-5-7-10-22)19-23-12-14-24(15-13-23)21(3)4/h5-7,9-10,12-15,20-21,25H,8,11,16-19,26H2,1-4H3. The Balaban J connectivity index is 2.03. The van der Waals surface area contributed by atoms with Gasteiger partial charge in [0.15, 0.2) is 0 Å². The van der Waals surface area contributed by atoms with Crippen LogP contribution in [0.1, 0.15) is 63.1 Å². The molecule has 0 amide bonds. The molecule has 0 bridgehead atoms. The molecular formula is C25H38N2. The summed E-state index contributed by atoms with van der Waals surface area (Å²) in [5.41, 5.74) is 10.4. The van der Waals surface area contributed by atoms with E-state index in [1.165, 1.54) is 23.1 Å². The average molecular weight is 367 g/mol. The molecule has 148 valence electrons. The molecule has 2 rings (SSSR count). The van der Waals surface area contributed by atoms with Gasteiger partial charge in [0.25, 0.3) is 0 Å². The van der Waals surface area contributed by atoms with E-state index >= 15 is 0 Å². The molecule has 2 heteroatoms. The summed E-state index contributed by atoms with van der Waals surface area (Å²) in [6.07, 6.45) is 3.46. The Morgan fingerprint density at radius 3 is 2.07 bits per heavy atom. The van der Waals surface area contributed by atoms with Gasteiger partial charge in [0.2, 0.25) is 0 Å². The van der Waals surface area contributed by atoms with Crippen molar-refractivity contribution in [3.63, 3.8) is 0 Å². The fourth-order valence-electron chi connectivity index (χ4n) is 3.70. The number of hydrogen-bond donors (Lipinski definition) is 1. The molecule has 0 aliphatic heterocycles. The summed E-state index contributed by atoms with van der Waals surface area (Å²) >= 11 is 0. The van der Waals surface area contributed by atoms with Gasteiger partial charge in [-0.2, -0.15) is 0 Å². The zero-order valence-electron chi connectivity index (χ0n) is 17.7. The highest BCUT2D eigenvalue weighted by Gasteiger charge is 2.18. The molecule has 0 radical (unpaired) electrons. The zero-order chi connectivity index (χ0) is 19.6. The van der Waals surface area contributed by atoms with Crippen LogP contribution in [0.15, 0.2) is 54.6 Å². The van der Waals surface area contributed by atoms with Crippen molar-refractivity contribution in [2.75, 3.05) is 13.1 Å². The summed E-state index contributed by atoms with van der Waals surface area (Å²) in [5, 5.41) is 0. The van der Waals surface area contributed by atoms with Crippen molar-refractivity contribution in [3.8, 4) is 0 Å². The molecule has 2 N–H and O–H groups in total. The maximum atomic E-state index is 6.18. The Morgan fingerprint density at radius 2 is 1.52 bits per heavy atom. The quantitative estimate of drug-likeness (QED) is 0.559. The first kappa shape index (κ1) is 21.7. The third-order valence-corrected chi connectivity index (χ3v) is 5.32. The lowest BCUT2D eigenvalue weighted by Crippen LogP contribution is -2.41. The molecule has 1 atom stereocenters. The van der Waals surface area contributed by atoms with Gasteiger partial charge in [-0.25, -0.2) is 0 Å². The van der Waals surface area contributed by atoms with E-state index in [0.29, 0.717) is 17.9 Å². The molecule has 0 aromatic heterocycles. The lowest BCUT2D eigenvalue weighted by Gasteiger charge is -2.32. The average Bonchev–Trinajstić information content (AvgIpc) is 2.66. The molecule has 27 heavy (non-hydrogen) atoms. The predicted molar refractivity (Wildman–Crippen MR) is 118 cm³/mol. The molecule has 0 aliphatic rings. The van der Waals surface area contributed by atoms with Crippen molar-refractivity contribution >= 4 is 0 Å². The van der Waals surface area contributed by atoms with Crippen LogP contribution in [-0.4, -0.2) is 24.0 Å². The summed E-state index contributed by atoms with van der Waals surface area (Å²) in [6.45, 7) is 11.9. The van der Waals surface area contributed by atoms with E-state index in [9.17, 15) is 0 Å². The van der Waals surface area contributed by atoms with Gasteiger partial charge < -0.3 is 5.73 Å². The van der Waals surface area contributed by atoms with E-state index in [2.05, 4.69) is 87.2 Å². The second kappa shape index (κ2) is 11.3. The highest BCUT2D eigenvalue weighted by molar-refractivity contribution is 5.24. The summed E-state index contributed by atoms with van der Waals surface area (Å²) in [6, 6.07) is 20.4. The number of hydrogen-bond acceptors (Lipinski definition) is 2. The smallest absolute Gasteiger partial charge is 0.0237 e. The van der Waals surface area contributed by atoms with Crippen LogP contribution in [0.3, 0.4) is 0 Å². The highest BCUT2D eigenvalue weighted by atomic mass is 15.2.